The number of aromatic nitrogens is 1. The number of hydrogen-bond acceptors (Lipinski definition) is 3. The van der Waals surface area contributed by atoms with E-state index < -0.39 is 11.7 Å². The molecule has 3 aromatic rings. The highest BCUT2D eigenvalue weighted by Gasteiger charge is 2.21. The van der Waals surface area contributed by atoms with E-state index in [2.05, 4.69) is 5.32 Å². The lowest BCUT2D eigenvalue weighted by Crippen LogP contribution is -2.33. The molecule has 0 fully saturated rings. The van der Waals surface area contributed by atoms with Crippen LogP contribution in [0.25, 0.3) is 10.9 Å². The Kier molecular flexibility index (Phi) is 6.27. The highest BCUT2D eigenvalue weighted by Crippen LogP contribution is 2.24. The lowest BCUT2D eigenvalue weighted by molar-refractivity contribution is -0.117. The molecule has 0 saturated carbocycles. The third-order valence-corrected chi connectivity index (χ3v) is 4.64. The molecule has 0 radical (unpaired) electrons. The molecule has 0 saturated heterocycles. The molecule has 0 bridgehead atoms. The summed E-state index contributed by atoms with van der Waals surface area (Å²) in [6.45, 7) is 3.64. The summed E-state index contributed by atoms with van der Waals surface area (Å²) >= 11 is 6.27. The van der Waals surface area contributed by atoms with Crippen LogP contribution >= 0.6 is 11.6 Å². The number of carbonyl (C=O) groups excluding carboxylic acids is 2. The predicted octanol–water partition coefficient (Wildman–Crippen LogP) is 3.68. The number of hydrogen-bond donors (Lipinski definition) is 1. The zero-order chi connectivity index (χ0) is 19.2. The molecule has 0 spiro atoms. The maximum Gasteiger partial charge on any atom is 0.292 e. The van der Waals surface area contributed by atoms with Crippen molar-refractivity contribution in [3.8, 4) is 0 Å². The van der Waals surface area contributed by atoms with Crippen LogP contribution in [0.5, 0.6) is 0 Å². The minimum Gasteiger partial charge on any atom is -0.380 e. The molecule has 1 amide bonds. The number of amides is 1. The molecule has 0 aliphatic rings. The number of carbonyl (C=O) groups is 2. The number of fused-ring (bicyclic) bond motifs is 1. The lowest BCUT2D eigenvalue weighted by Gasteiger charge is -2.07. The first-order valence-electron chi connectivity index (χ1n) is 8.83. The molecule has 0 aliphatic carbocycles. The molecule has 1 heterocycles. The Hall–Kier alpha value is -2.63. The number of halogens is 1. The van der Waals surface area contributed by atoms with Crippen LogP contribution in [-0.4, -0.2) is 36.0 Å². The first kappa shape index (κ1) is 19.1. The molecular formula is C21H21ClN2O3. The van der Waals surface area contributed by atoms with E-state index in [1.807, 2.05) is 60.0 Å². The minimum absolute atomic E-state index is 0.302. The first-order chi connectivity index (χ1) is 13.1. The number of rotatable bonds is 8. The zero-order valence-corrected chi connectivity index (χ0v) is 15.8. The van der Waals surface area contributed by atoms with E-state index in [0.717, 1.165) is 16.5 Å². The summed E-state index contributed by atoms with van der Waals surface area (Å²) in [6, 6.07) is 15.1. The van der Waals surface area contributed by atoms with Crippen molar-refractivity contribution < 1.29 is 14.3 Å². The molecule has 5 nitrogen and oxygen atoms in total. The van der Waals surface area contributed by atoms with Crippen molar-refractivity contribution in [3.05, 3.63) is 70.9 Å². The molecule has 0 unspecified atom stereocenters. The standard InChI is InChI=1S/C21H21ClN2O3/c1-2-27-12-11-23-21(26)20(25)17-14-24(19-10-6-4-8-16(17)19)13-15-7-3-5-9-18(15)22/h3-10,14H,2,11-13H2,1H3,(H,23,26). The van der Waals surface area contributed by atoms with Crippen molar-refractivity contribution in [2.75, 3.05) is 19.8 Å². The van der Waals surface area contributed by atoms with E-state index in [1.165, 1.54) is 0 Å². The highest BCUT2D eigenvalue weighted by atomic mass is 35.5. The Morgan fingerprint density at radius 2 is 1.85 bits per heavy atom. The molecule has 1 aromatic heterocycles. The normalized spacial score (nSPS) is 10.9. The Balaban J connectivity index is 1.87. The Labute approximate surface area is 162 Å². The van der Waals surface area contributed by atoms with Crippen LogP contribution in [-0.2, 0) is 16.1 Å². The van der Waals surface area contributed by atoms with E-state index >= 15 is 0 Å². The first-order valence-corrected chi connectivity index (χ1v) is 9.21. The van der Waals surface area contributed by atoms with Crippen LogP contribution in [0, 0.1) is 0 Å². The van der Waals surface area contributed by atoms with Crippen molar-refractivity contribution in [3.63, 3.8) is 0 Å². The van der Waals surface area contributed by atoms with Gasteiger partial charge in [-0.05, 0) is 24.6 Å². The van der Waals surface area contributed by atoms with Gasteiger partial charge in [0.05, 0.1) is 12.2 Å². The average Bonchev–Trinajstić information content (AvgIpc) is 3.05. The van der Waals surface area contributed by atoms with Crippen LogP contribution in [0.1, 0.15) is 22.8 Å². The molecular weight excluding hydrogens is 364 g/mol. The highest BCUT2D eigenvalue weighted by molar-refractivity contribution is 6.45. The van der Waals surface area contributed by atoms with Gasteiger partial charge >= 0.3 is 0 Å². The fraction of sp³-hybridized carbons (Fsp3) is 0.238. The minimum atomic E-state index is -0.629. The molecule has 0 atom stereocenters. The molecule has 27 heavy (non-hydrogen) atoms. The molecule has 1 N–H and O–H groups in total. The summed E-state index contributed by atoms with van der Waals surface area (Å²) in [7, 11) is 0. The SMILES string of the molecule is CCOCCNC(=O)C(=O)c1cn(Cc2ccccc2Cl)c2ccccc12. The van der Waals surface area contributed by atoms with E-state index in [-0.39, 0.29) is 0 Å². The molecule has 2 aromatic carbocycles. The van der Waals surface area contributed by atoms with Gasteiger partial charge in [-0.25, -0.2) is 0 Å². The number of ether oxygens (including phenoxy) is 1. The number of nitrogens with zero attached hydrogens (tertiary/aromatic N) is 1. The predicted molar refractivity (Wildman–Crippen MR) is 106 cm³/mol. The lowest BCUT2D eigenvalue weighted by atomic mass is 10.1. The van der Waals surface area contributed by atoms with Gasteiger partial charge in [0.15, 0.2) is 0 Å². The van der Waals surface area contributed by atoms with Gasteiger partial charge in [-0.3, -0.25) is 9.59 Å². The van der Waals surface area contributed by atoms with Crippen LogP contribution in [0.4, 0.5) is 0 Å². The van der Waals surface area contributed by atoms with E-state index in [1.54, 1.807) is 6.20 Å². The topological polar surface area (TPSA) is 60.3 Å². The van der Waals surface area contributed by atoms with Gasteiger partial charge in [0, 0.05) is 41.8 Å². The Morgan fingerprint density at radius 1 is 1.11 bits per heavy atom. The van der Waals surface area contributed by atoms with Crippen LogP contribution < -0.4 is 5.32 Å². The van der Waals surface area contributed by atoms with Gasteiger partial charge in [0.2, 0.25) is 0 Å². The van der Waals surface area contributed by atoms with Crippen LogP contribution in [0.3, 0.4) is 0 Å². The fourth-order valence-electron chi connectivity index (χ4n) is 2.95. The summed E-state index contributed by atoms with van der Waals surface area (Å²) in [6.07, 6.45) is 1.72. The monoisotopic (exact) mass is 384 g/mol. The number of Topliss-reactive ketones (excluding diaryl/α,β-unsaturated/α-hetero) is 1. The van der Waals surface area contributed by atoms with Crippen molar-refractivity contribution in [2.45, 2.75) is 13.5 Å². The molecule has 3 rings (SSSR count). The number of nitrogens with one attached hydrogen (secondary N) is 1. The summed E-state index contributed by atoms with van der Waals surface area (Å²) in [5.74, 6) is -1.18. The maximum atomic E-state index is 12.7. The van der Waals surface area contributed by atoms with Gasteiger partial charge in [0.25, 0.3) is 11.7 Å². The quantitative estimate of drug-likeness (QED) is 0.366. The van der Waals surface area contributed by atoms with Gasteiger partial charge in [-0.1, -0.05) is 48.0 Å². The third kappa shape index (κ3) is 4.38. The summed E-state index contributed by atoms with van der Waals surface area (Å²) in [5, 5.41) is 4.01. The van der Waals surface area contributed by atoms with Gasteiger partial charge in [-0.15, -0.1) is 0 Å². The molecule has 140 valence electrons. The third-order valence-electron chi connectivity index (χ3n) is 4.27. The fourth-order valence-corrected chi connectivity index (χ4v) is 3.15. The summed E-state index contributed by atoms with van der Waals surface area (Å²) < 4.78 is 7.12. The number of para-hydroxylation sites is 1. The maximum absolute atomic E-state index is 12.7. The number of benzene rings is 2. The van der Waals surface area contributed by atoms with Crippen LogP contribution in [0.2, 0.25) is 5.02 Å². The van der Waals surface area contributed by atoms with E-state index in [0.29, 0.717) is 36.9 Å². The second-order valence-corrected chi connectivity index (χ2v) is 6.47. The van der Waals surface area contributed by atoms with Crippen LogP contribution in [0.15, 0.2) is 54.7 Å². The van der Waals surface area contributed by atoms with E-state index in [9.17, 15) is 9.59 Å². The van der Waals surface area contributed by atoms with E-state index in [4.69, 9.17) is 16.3 Å². The second kappa shape index (κ2) is 8.84. The van der Waals surface area contributed by atoms with Gasteiger partial charge < -0.3 is 14.6 Å². The largest absolute Gasteiger partial charge is 0.380 e. The average molecular weight is 385 g/mol. The van der Waals surface area contributed by atoms with Crippen molar-refractivity contribution in [1.29, 1.82) is 0 Å². The molecule has 6 heteroatoms. The Morgan fingerprint density at radius 3 is 2.63 bits per heavy atom. The van der Waals surface area contributed by atoms with Gasteiger partial charge in [0.1, 0.15) is 0 Å². The summed E-state index contributed by atoms with van der Waals surface area (Å²) in [5.41, 5.74) is 2.20. The van der Waals surface area contributed by atoms with Crippen molar-refractivity contribution in [2.24, 2.45) is 0 Å². The smallest absolute Gasteiger partial charge is 0.292 e. The van der Waals surface area contributed by atoms with Gasteiger partial charge in [-0.2, -0.15) is 0 Å². The summed E-state index contributed by atoms with van der Waals surface area (Å²) in [4.78, 5) is 24.9. The number of ketones is 1. The second-order valence-electron chi connectivity index (χ2n) is 6.06. The molecule has 0 aliphatic heterocycles. The zero-order valence-electron chi connectivity index (χ0n) is 15.1. The Bertz CT molecular complexity index is 965. The van der Waals surface area contributed by atoms with Crippen molar-refractivity contribution >= 4 is 34.2 Å². The van der Waals surface area contributed by atoms with Crippen molar-refractivity contribution in [1.82, 2.24) is 9.88 Å².